The first-order valence-corrected chi connectivity index (χ1v) is 26.0. The maximum Gasteiger partial charge on any atom is 0.255 e. The number of carbonyl (C=O) groups is 4. The Morgan fingerprint density at radius 3 is 1.33 bits per heavy atom. The molecule has 0 atom stereocenters. The van der Waals surface area contributed by atoms with Gasteiger partial charge in [-0.25, -0.2) is 0 Å². The Morgan fingerprint density at radius 2 is 0.885 bits per heavy atom. The fourth-order valence-electron chi connectivity index (χ4n) is 8.39. The molecule has 0 radical (unpaired) electrons. The summed E-state index contributed by atoms with van der Waals surface area (Å²) >= 11 is 2.22. The molecule has 1 aliphatic rings. The molecule has 1 aliphatic carbocycles. The van der Waals surface area contributed by atoms with Gasteiger partial charge in [-0.3, -0.25) is 19.2 Å². The molecule has 9 heteroatoms. The first kappa shape index (κ1) is 62.1. The van der Waals surface area contributed by atoms with Crippen LogP contribution in [0.1, 0.15) is 105 Å². The molecular weight excluding hydrogens is 1080 g/mol. The van der Waals surface area contributed by atoms with Gasteiger partial charge < -0.3 is 21.7 Å². The number of para-hydroxylation sites is 4. The van der Waals surface area contributed by atoms with Crippen molar-refractivity contribution in [1.29, 1.82) is 0 Å². The van der Waals surface area contributed by atoms with E-state index in [-0.39, 0.29) is 40.0 Å². The van der Waals surface area contributed by atoms with Crippen LogP contribution < -0.4 is 21.7 Å². The van der Waals surface area contributed by atoms with E-state index in [1.807, 2.05) is 153 Å². The largest absolute Gasteiger partial charge is 0.397 e. The van der Waals surface area contributed by atoms with Crippen LogP contribution in [0, 0.1) is 23.3 Å². The van der Waals surface area contributed by atoms with Gasteiger partial charge in [0.1, 0.15) is 6.29 Å². The highest BCUT2D eigenvalue weighted by molar-refractivity contribution is 14.1. The minimum Gasteiger partial charge on any atom is -0.397 e. The van der Waals surface area contributed by atoms with Crippen molar-refractivity contribution in [3.8, 4) is 22.3 Å². The monoisotopic (exact) mass is 1150 g/mol. The summed E-state index contributed by atoms with van der Waals surface area (Å²) in [6, 6.07) is 69.7. The van der Waals surface area contributed by atoms with Crippen LogP contribution in [0.4, 0.5) is 22.7 Å². The number of anilines is 4. The summed E-state index contributed by atoms with van der Waals surface area (Å²) in [5.74, 6) is 0.493. The van der Waals surface area contributed by atoms with E-state index in [1.54, 1.807) is 41.5 Å². The molecule has 0 fully saturated rings. The summed E-state index contributed by atoms with van der Waals surface area (Å²) in [6.07, 6.45) is 4.41. The first-order valence-electron chi connectivity index (χ1n) is 24.9. The highest BCUT2D eigenvalue weighted by atomic mass is 127. The third kappa shape index (κ3) is 17.8. The number of nitrogen functional groups attached to an aromatic ring is 1. The number of amides is 3. The highest BCUT2D eigenvalue weighted by Gasteiger charge is 2.16. The van der Waals surface area contributed by atoms with E-state index >= 15 is 0 Å². The lowest BCUT2D eigenvalue weighted by Crippen LogP contribution is -2.12. The first-order chi connectivity index (χ1) is 36.4. The number of fused-ring (bicyclic) bond motifs is 1. The molecule has 0 bridgehead atoms. The quantitative estimate of drug-likeness (QED) is 0.0616. The second-order valence-electron chi connectivity index (χ2n) is 18.3. The fraction of sp³-hybridized carbons (Fsp3) is 0.159. The second kappa shape index (κ2) is 31.0. The number of carbonyl (C=O) groups excluding carboxylic acids is 4. The van der Waals surface area contributed by atoms with Crippen molar-refractivity contribution >= 4 is 69.3 Å². The van der Waals surface area contributed by atoms with Gasteiger partial charge in [-0.2, -0.15) is 0 Å². The maximum atomic E-state index is 12.4. The predicted molar refractivity (Wildman–Crippen MR) is 338 cm³/mol. The van der Waals surface area contributed by atoms with Crippen LogP contribution in [0.15, 0.2) is 218 Å². The van der Waals surface area contributed by atoms with Crippen molar-refractivity contribution in [3.05, 3.63) is 272 Å². The van der Waals surface area contributed by atoms with Gasteiger partial charge in [0.15, 0.2) is 0 Å². The Hall–Kier alpha value is -8.41. The van der Waals surface area contributed by atoms with Crippen LogP contribution in [0.25, 0.3) is 22.3 Å². The average Bonchev–Trinajstić information content (AvgIpc) is 3.84. The van der Waals surface area contributed by atoms with Crippen molar-refractivity contribution in [2.45, 2.75) is 69.2 Å². The molecule has 9 aromatic rings. The van der Waals surface area contributed by atoms with Crippen molar-refractivity contribution in [2.24, 2.45) is 5.92 Å². The number of aryl methyl sites for hydroxylation is 3. The Bertz CT molecular complexity index is 3350. The van der Waals surface area contributed by atoms with Crippen LogP contribution >= 0.6 is 22.6 Å². The number of rotatable bonds is 10. The van der Waals surface area contributed by atoms with Crippen molar-refractivity contribution in [2.75, 3.05) is 21.7 Å². The van der Waals surface area contributed by atoms with E-state index in [0.717, 1.165) is 67.0 Å². The number of halogens is 1. The van der Waals surface area contributed by atoms with Crippen LogP contribution in [0.5, 0.6) is 0 Å². The molecule has 0 aromatic heterocycles. The van der Waals surface area contributed by atoms with Crippen LogP contribution in [-0.2, 0) is 19.3 Å². The number of hydrogen-bond acceptors (Lipinski definition) is 5. The Kier molecular flexibility index (Phi) is 24.7. The summed E-state index contributed by atoms with van der Waals surface area (Å²) in [5.41, 5.74) is 21.9. The molecule has 400 valence electrons. The molecule has 5 N–H and O–H groups in total. The molecule has 0 saturated heterocycles. The lowest BCUT2D eigenvalue weighted by Gasteiger charge is -2.09. The topological polar surface area (TPSA) is 130 Å². The lowest BCUT2D eigenvalue weighted by atomic mass is 10.0. The van der Waals surface area contributed by atoms with Gasteiger partial charge >= 0.3 is 0 Å². The summed E-state index contributed by atoms with van der Waals surface area (Å²) in [7, 11) is 0. The van der Waals surface area contributed by atoms with E-state index in [0.29, 0.717) is 33.6 Å². The molecule has 0 aliphatic heterocycles. The molecular formula is C69H73IN4O4. The number of nitrogens with one attached hydrogen (secondary N) is 3. The average molecular weight is 1150 g/mol. The third-order valence-corrected chi connectivity index (χ3v) is 13.4. The van der Waals surface area contributed by atoms with Crippen molar-refractivity contribution in [3.63, 3.8) is 0 Å². The Morgan fingerprint density at radius 1 is 0.487 bits per heavy atom. The normalized spacial score (nSPS) is 10.7. The molecule has 0 spiro atoms. The SMILES string of the molecule is C.C.C.CC1Cc2ccccc2C1.CCc1cccc(-c2ccc(C(=O)Nc3ccccc3N)cc2)c1.Cc1ccccc1NC(=O)c1ccc(-c2cccc(C=O)c2)cc1.Cc1ccccc1NC(=O)c1ccc(I)cc1. The van der Waals surface area contributed by atoms with E-state index in [9.17, 15) is 19.2 Å². The van der Waals surface area contributed by atoms with Crippen LogP contribution in [0.3, 0.4) is 0 Å². The predicted octanol–water partition coefficient (Wildman–Crippen LogP) is 17.7. The van der Waals surface area contributed by atoms with E-state index in [1.165, 1.54) is 18.4 Å². The minimum absolute atomic E-state index is 0. The number of aldehydes is 1. The molecule has 0 heterocycles. The molecule has 0 saturated carbocycles. The zero-order valence-corrected chi connectivity index (χ0v) is 44.8. The molecule has 10 rings (SSSR count). The van der Waals surface area contributed by atoms with Crippen LogP contribution in [-0.4, -0.2) is 24.0 Å². The molecule has 3 amide bonds. The standard InChI is InChI=1S/C21H20N2O.C21H17NO2.C14H12INO.C10H12.3CH4/c1-2-15-6-5-7-18(14-15)16-10-12-17(13-11-16)21(24)23-20-9-4-3-8-19(20)22;1-15-5-2-3-8-20(15)22-21(24)18-11-9-17(10-12-18)19-7-4-6-16(13-19)14-23;1-10-4-2-3-5-13(10)16-14(17)11-6-8-12(15)9-7-11;1-8-6-9-4-2-3-5-10(9)7-8;;;/h3-14H,2,22H2,1H3,(H,23,24);2-14H,1H3,(H,22,24);2-9H,1H3,(H,16,17);2-5,8H,6-7H2,1H3;3*1H4. The third-order valence-electron chi connectivity index (χ3n) is 12.7. The molecule has 0 unspecified atom stereocenters. The smallest absolute Gasteiger partial charge is 0.255 e. The second-order valence-corrected chi connectivity index (χ2v) is 19.6. The van der Waals surface area contributed by atoms with Gasteiger partial charge in [-0.05, 0) is 191 Å². The lowest BCUT2D eigenvalue weighted by molar-refractivity contribution is 0.101. The summed E-state index contributed by atoms with van der Waals surface area (Å²) < 4.78 is 1.12. The zero-order valence-electron chi connectivity index (χ0n) is 42.6. The van der Waals surface area contributed by atoms with Crippen molar-refractivity contribution < 1.29 is 19.2 Å². The number of nitrogens with two attached hydrogens (primary N) is 1. The van der Waals surface area contributed by atoms with E-state index in [4.69, 9.17) is 5.73 Å². The van der Waals surface area contributed by atoms with E-state index < -0.39 is 0 Å². The van der Waals surface area contributed by atoms with Gasteiger partial charge in [0.05, 0.1) is 11.4 Å². The zero-order chi connectivity index (χ0) is 53.1. The molecule has 78 heavy (non-hydrogen) atoms. The Labute approximate surface area is 476 Å². The van der Waals surface area contributed by atoms with Gasteiger partial charge in [-0.15, -0.1) is 0 Å². The summed E-state index contributed by atoms with van der Waals surface area (Å²) in [4.78, 5) is 47.6. The number of benzene rings is 9. The van der Waals surface area contributed by atoms with Crippen LogP contribution in [0.2, 0.25) is 0 Å². The van der Waals surface area contributed by atoms with Gasteiger partial charge in [-0.1, -0.05) is 176 Å². The number of hydrogen-bond donors (Lipinski definition) is 4. The fourth-order valence-corrected chi connectivity index (χ4v) is 8.75. The Balaban J connectivity index is 0.000000230. The van der Waals surface area contributed by atoms with Gasteiger partial charge in [0, 0.05) is 37.2 Å². The van der Waals surface area contributed by atoms with Gasteiger partial charge in [0.2, 0.25) is 0 Å². The minimum atomic E-state index is -0.165. The summed E-state index contributed by atoms with van der Waals surface area (Å²) in [6.45, 7) is 8.39. The molecule has 8 nitrogen and oxygen atoms in total. The van der Waals surface area contributed by atoms with E-state index in [2.05, 4.69) is 101 Å². The van der Waals surface area contributed by atoms with Crippen molar-refractivity contribution in [1.82, 2.24) is 0 Å². The summed E-state index contributed by atoms with van der Waals surface area (Å²) in [5, 5.41) is 8.66. The van der Waals surface area contributed by atoms with Gasteiger partial charge in [0.25, 0.3) is 17.7 Å². The highest BCUT2D eigenvalue weighted by Crippen LogP contribution is 2.27. The maximum absolute atomic E-state index is 12.4. The molecule has 9 aromatic carbocycles.